The number of furan rings is 1. The molecule has 0 saturated heterocycles. The molecule has 4 aliphatic rings. The maximum Gasteiger partial charge on any atom is 0.220 e. The Hall–Kier alpha value is -1.29. The second-order valence-corrected chi connectivity index (χ2v) is 12.3. The monoisotopic (exact) mass is 441 g/mol. The van der Waals surface area contributed by atoms with Gasteiger partial charge in [-0.05, 0) is 103 Å². The molecule has 4 fully saturated rings. The fraction of sp³-hybridized carbons (Fsp3) is 0.821. The van der Waals surface area contributed by atoms with E-state index in [2.05, 4.69) is 26.1 Å². The summed E-state index contributed by atoms with van der Waals surface area (Å²) in [6, 6.07) is 3.76. The molecule has 0 bridgehead atoms. The van der Waals surface area contributed by atoms with Gasteiger partial charge in [-0.25, -0.2) is 0 Å². The van der Waals surface area contributed by atoms with Crippen LogP contribution in [0.25, 0.3) is 0 Å². The minimum absolute atomic E-state index is 0.119. The quantitative estimate of drug-likeness (QED) is 0.594. The number of nitrogens with one attached hydrogen (secondary N) is 1. The van der Waals surface area contributed by atoms with E-state index in [-0.39, 0.29) is 17.4 Å². The van der Waals surface area contributed by atoms with Gasteiger partial charge in [0.05, 0.1) is 18.9 Å². The lowest BCUT2D eigenvalue weighted by Crippen LogP contribution is -2.57. The lowest BCUT2D eigenvalue weighted by atomic mass is 9.44. The van der Waals surface area contributed by atoms with E-state index >= 15 is 0 Å². The number of carbonyl (C=O) groups is 1. The first-order valence-electron chi connectivity index (χ1n) is 13.3. The Morgan fingerprint density at radius 3 is 2.75 bits per heavy atom. The largest absolute Gasteiger partial charge is 0.467 e. The van der Waals surface area contributed by atoms with Crippen molar-refractivity contribution in [2.24, 2.45) is 46.3 Å². The SMILES string of the molecule is C[C@H](CC(=O)NCc1ccco1)[C@H]1CC[C@H]2[C@@H]3[C@H](O)C[C@@H]4CCCC[C@]4(C)[C@H]3CC[C@]12C. The van der Waals surface area contributed by atoms with Gasteiger partial charge in [-0.3, -0.25) is 4.79 Å². The zero-order chi connectivity index (χ0) is 22.5. The van der Waals surface area contributed by atoms with E-state index in [9.17, 15) is 9.90 Å². The molecule has 1 amide bonds. The van der Waals surface area contributed by atoms with Crippen LogP contribution in [0, 0.1) is 46.3 Å². The fourth-order valence-corrected chi connectivity index (χ4v) is 9.34. The van der Waals surface area contributed by atoms with E-state index in [0.29, 0.717) is 48.0 Å². The van der Waals surface area contributed by atoms with Gasteiger partial charge >= 0.3 is 0 Å². The number of aliphatic hydroxyl groups excluding tert-OH is 1. The molecule has 4 saturated carbocycles. The van der Waals surface area contributed by atoms with Gasteiger partial charge in [0.25, 0.3) is 0 Å². The molecule has 178 valence electrons. The molecule has 0 aromatic carbocycles. The number of aliphatic hydroxyl groups is 1. The maximum absolute atomic E-state index is 12.7. The van der Waals surface area contributed by atoms with Crippen LogP contribution in [0.4, 0.5) is 0 Å². The highest BCUT2D eigenvalue weighted by atomic mass is 16.3. The van der Waals surface area contributed by atoms with Crippen LogP contribution in [0.2, 0.25) is 0 Å². The Balaban J connectivity index is 1.27. The minimum atomic E-state index is -0.119. The third-order valence-electron chi connectivity index (χ3n) is 10.9. The Bertz CT molecular complexity index is 806. The summed E-state index contributed by atoms with van der Waals surface area (Å²) in [4.78, 5) is 12.7. The standard InChI is InChI=1S/C28H43NO3/c1-18(15-25(31)29-17-20-8-6-14-32-20)21-9-10-22-26-23(11-13-28(21,22)3)27(2)12-5-4-7-19(27)16-24(26)30/h6,8,14,18-19,21-24,26,30H,4-5,7,9-13,15-17H2,1-3H3,(H,29,31)/t18-,19+,21-,22+,23+,24-,26+,27+,28-/m1/s1. The van der Waals surface area contributed by atoms with Crippen LogP contribution in [0.1, 0.15) is 90.7 Å². The molecule has 1 heterocycles. The Kier molecular flexibility index (Phi) is 5.97. The summed E-state index contributed by atoms with van der Waals surface area (Å²) in [5.41, 5.74) is 0.708. The van der Waals surface area contributed by atoms with Crippen molar-refractivity contribution in [1.82, 2.24) is 5.32 Å². The van der Waals surface area contributed by atoms with E-state index in [4.69, 9.17) is 4.42 Å². The van der Waals surface area contributed by atoms with Crippen LogP contribution in [0.15, 0.2) is 22.8 Å². The molecule has 4 nitrogen and oxygen atoms in total. The second-order valence-electron chi connectivity index (χ2n) is 12.3. The highest BCUT2D eigenvalue weighted by molar-refractivity contribution is 5.76. The smallest absolute Gasteiger partial charge is 0.220 e. The number of hydrogen-bond donors (Lipinski definition) is 2. The first-order valence-corrected chi connectivity index (χ1v) is 13.3. The van der Waals surface area contributed by atoms with Gasteiger partial charge in [-0.2, -0.15) is 0 Å². The van der Waals surface area contributed by atoms with Crippen molar-refractivity contribution in [2.45, 2.75) is 97.6 Å². The third-order valence-corrected chi connectivity index (χ3v) is 10.9. The number of amides is 1. The molecule has 0 spiro atoms. The topological polar surface area (TPSA) is 62.5 Å². The van der Waals surface area contributed by atoms with Crippen LogP contribution < -0.4 is 5.32 Å². The summed E-state index contributed by atoms with van der Waals surface area (Å²) in [6.07, 6.45) is 13.6. The van der Waals surface area contributed by atoms with Crippen molar-refractivity contribution >= 4 is 5.91 Å². The van der Waals surface area contributed by atoms with Gasteiger partial charge in [0.15, 0.2) is 0 Å². The van der Waals surface area contributed by atoms with Gasteiger partial charge in [0, 0.05) is 6.42 Å². The normalized spacial score (nSPS) is 44.2. The molecule has 32 heavy (non-hydrogen) atoms. The van der Waals surface area contributed by atoms with E-state index in [0.717, 1.165) is 18.1 Å². The summed E-state index contributed by atoms with van der Waals surface area (Å²) in [7, 11) is 0. The Morgan fingerprint density at radius 1 is 1.16 bits per heavy atom. The molecular weight excluding hydrogens is 398 g/mol. The van der Waals surface area contributed by atoms with Crippen molar-refractivity contribution in [3.8, 4) is 0 Å². The average Bonchev–Trinajstić information content (AvgIpc) is 3.40. The molecule has 1 aromatic heterocycles. The van der Waals surface area contributed by atoms with E-state index < -0.39 is 0 Å². The van der Waals surface area contributed by atoms with Gasteiger partial charge in [0.2, 0.25) is 5.91 Å². The second kappa shape index (κ2) is 8.49. The van der Waals surface area contributed by atoms with Gasteiger partial charge in [-0.15, -0.1) is 0 Å². The molecule has 0 radical (unpaired) electrons. The van der Waals surface area contributed by atoms with E-state index in [1.54, 1.807) is 6.26 Å². The van der Waals surface area contributed by atoms with E-state index in [1.165, 1.54) is 51.4 Å². The number of hydrogen-bond acceptors (Lipinski definition) is 3. The van der Waals surface area contributed by atoms with Gasteiger partial charge in [-0.1, -0.05) is 33.6 Å². The van der Waals surface area contributed by atoms with Crippen molar-refractivity contribution in [2.75, 3.05) is 0 Å². The van der Waals surface area contributed by atoms with Gasteiger partial charge in [0.1, 0.15) is 5.76 Å². The lowest BCUT2D eigenvalue weighted by Gasteiger charge is -2.62. The molecule has 9 atom stereocenters. The zero-order valence-electron chi connectivity index (χ0n) is 20.3. The first kappa shape index (κ1) is 22.5. The predicted molar refractivity (Wildman–Crippen MR) is 126 cm³/mol. The molecular formula is C28H43NO3. The van der Waals surface area contributed by atoms with Gasteiger partial charge < -0.3 is 14.8 Å². The van der Waals surface area contributed by atoms with Crippen molar-refractivity contribution < 1.29 is 14.3 Å². The van der Waals surface area contributed by atoms with Crippen molar-refractivity contribution in [3.05, 3.63) is 24.2 Å². The van der Waals surface area contributed by atoms with Crippen LogP contribution in [0.5, 0.6) is 0 Å². The Labute approximate surface area is 193 Å². The third kappa shape index (κ3) is 3.65. The van der Waals surface area contributed by atoms with Crippen molar-refractivity contribution in [3.63, 3.8) is 0 Å². The predicted octanol–water partition coefficient (Wildman–Crippen LogP) is 5.94. The molecule has 0 aliphatic heterocycles. The average molecular weight is 442 g/mol. The summed E-state index contributed by atoms with van der Waals surface area (Å²) < 4.78 is 5.34. The fourth-order valence-electron chi connectivity index (χ4n) is 9.34. The van der Waals surface area contributed by atoms with Crippen LogP contribution in [-0.2, 0) is 11.3 Å². The molecule has 5 rings (SSSR count). The number of carbonyl (C=O) groups excluding carboxylic acids is 1. The number of fused-ring (bicyclic) bond motifs is 5. The summed E-state index contributed by atoms with van der Waals surface area (Å²) in [5, 5.41) is 14.4. The Morgan fingerprint density at radius 2 is 1.97 bits per heavy atom. The van der Waals surface area contributed by atoms with Crippen LogP contribution >= 0.6 is 0 Å². The molecule has 0 unspecified atom stereocenters. The summed E-state index contributed by atoms with van der Waals surface area (Å²) >= 11 is 0. The molecule has 4 aliphatic carbocycles. The van der Waals surface area contributed by atoms with Crippen LogP contribution in [0.3, 0.4) is 0 Å². The zero-order valence-corrected chi connectivity index (χ0v) is 20.3. The van der Waals surface area contributed by atoms with Crippen molar-refractivity contribution in [1.29, 1.82) is 0 Å². The maximum atomic E-state index is 12.7. The molecule has 4 heteroatoms. The molecule has 1 aromatic rings. The highest BCUT2D eigenvalue weighted by Crippen LogP contribution is 2.68. The minimum Gasteiger partial charge on any atom is -0.467 e. The van der Waals surface area contributed by atoms with E-state index in [1.807, 2.05) is 12.1 Å². The lowest BCUT2D eigenvalue weighted by molar-refractivity contribution is -0.164. The summed E-state index contributed by atoms with van der Waals surface area (Å²) in [6.45, 7) is 7.83. The first-order chi connectivity index (χ1) is 15.3. The molecule has 2 N–H and O–H groups in total. The number of rotatable bonds is 5. The highest BCUT2D eigenvalue weighted by Gasteiger charge is 2.62. The summed E-state index contributed by atoms with van der Waals surface area (Å²) in [5.74, 6) is 4.39. The van der Waals surface area contributed by atoms with Crippen LogP contribution in [-0.4, -0.2) is 17.1 Å².